The maximum absolute atomic E-state index is 5.48. The van der Waals surface area contributed by atoms with Crippen LogP contribution in [0.25, 0.3) is 0 Å². The number of para-hydroxylation sites is 2. The first kappa shape index (κ1) is 16.2. The van der Waals surface area contributed by atoms with Gasteiger partial charge in [0.2, 0.25) is 0 Å². The van der Waals surface area contributed by atoms with E-state index in [1.54, 1.807) is 7.11 Å². The molecule has 2 aromatic rings. The van der Waals surface area contributed by atoms with Crippen molar-refractivity contribution in [2.24, 2.45) is 10.4 Å². The second-order valence-electron chi connectivity index (χ2n) is 6.97. The molecule has 2 heterocycles. The lowest BCUT2D eigenvalue weighted by atomic mass is 9.71. The number of anilines is 1. The highest BCUT2D eigenvalue weighted by Gasteiger charge is 2.40. The van der Waals surface area contributed by atoms with Crippen molar-refractivity contribution in [1.29, 1.82) is 0 Å². The van der Waals surface area contributed by atoms with Crippen molar-refractivity contribution < 1.29 is 4.74 Å². The van der Waals surface area contributed by atoms with Crippen molar-refractivity contribution in [3.8, 4) is 5.75 Å². The average molecular weight is 335 g/mol. The smallest absolute Gasteiger partial charge is 0.123 e. The fraction of sp³-hybridized carbons (Fsp3) is 0.381. The van der Waals surface area contributed by atoms with Crippen molar-refractivity contribution in [1.82, 2.24) is 5.32 Å². The zero-order valence-corrected chi connectivity index (χ0v) is 14.7. The molecular weight excluding hydrogens is 310 g/mol. The van der Waals surface area contributed by atoms with Gasteiger partial charge in [-0.2, -0.15) is 0 Å². The molecule has 2 N–H and O–H groups in total. The number of nitrogens with one attached hydrogen (secondary N) is 2. The summed E-state index contributed by atoms with van der Waals surface area (Å²) < 4.78 is 5.48. The Bertz CT molecular complexity index is 778. The maximum Gasteiger partial charge on any atom is 0.123 e. The molecule has 2 aliphatic rings. The fourth-order valence-corrected chi connectivity index (χ4v) is 4.03. The van der Waals surface area contributed by atoms with Crippen LogP contribution >= 0.6 is 0 Å². The molecule has 4 nitrogen and oxygen atoms in total. The SMILES string of the molecule is COc1ccccc1CN=C1Nc2ccccc2CC12CCNCC2. The zero-order chi connectivity index (χ0) is 17.1. The molecule has 0 aliphatic carbocycles. The highest BCUT2D eigenvalue weighted by molar-refractivity contribution is 6.02. The Morgan fingerprint density at radius 3 is 2.64 bits per heavy atom. The molecule has 1 saturated heterocycles. The molecule has 1 fully saturated rings. The molecule has 0 aromatic heterocycles. The predicted molar refractivity (Wildman–Crippen MR) is 102 cm³/mol. The number of aliphatic imine (C=N–C) groups is 1. The molecule has 1 spiro atoms. The summed E-state index contributed by atoms with van der Waals surface area (Å²) in [5.74, 6) is 2.04. The largest absolute Gasteiger partial charge is 0.496 e. The lowest BCUT2D eigenvalue weighted by Gasteiger charge is -2.42. The van der Waals surface area contributed by atoms with E-state index in [0.717, 1.165) is 49.5 Å². The van der Waals surface area contributed by atoms with Crippen LogP contribution in [0.5, 0.6) is 5.75 Å². The Hall–Kier alpha value is -2.33. The minimum atomic E-state index is 0.127. The number of rotatable bonds is 3. The standard InChI is InChI=1S/C21H25N3O/c1-25-19-9-5-3-7-17(19)15-23-20-21(10-12-22-13-11-21)14-16-6-2-4-8-18(16)24-20/h2-9,22H,10-15H2,1H3,(H,23,24). The molecule has 0 bridgehead atoms. The lowest BCUT2D eigenvalue weighted by molar-refractivity contribution is 0.293. The van der Waals surface area contributed by atoms with Gasteiger partial charge in [-0.3, -0.25) is 4.99 Å². The average Bonchev–Trinajstić information content (AvgIpc) is 2.67. The van der Waals surface area contributed by atoms with Crippen LogP contribution in [-0.2, 0) is 13.0 Å². The van der Waals surface area contributed by atoms with E-state index in [2.05, 4.69) is 41.0 Å². The lowest BCUT2D eigenvalue weighted by Crippen LogP contribution is -2.48. The second kappa shape index (κ2) is 6.89. The van der Waals surface area contributed by atoms with Gasteiger partial charge in [0.05, 0.1) is 13.7 Å². The van der Waals surface area contributed by atoms with Gasteiger partial charge >= 0.3 is 0 Å². The van der Waals surface area contributed by atoms with Gasteiger partial charge in [-0.15, -0.1) is 0 Å². The Morgan fingerprint density at radius 1 is 1.04 bits per heavy atom. The molecule has 4 rings (SSSR count). The van der Waals surface area contributed by atoms with Crippen LogP contribution in [0, 0.1) is 5.41 Å². The Kier molecular flexibility index (Phi) is 4.45. The topological polar surface area (TPSA) is 45.6 Å². The Balaban J connectivity index is 1.67. The third kappa shape index (κ3) is 3.14. The van der Waals surface area contributed by atoms with Crippen molar-refractivity contribution >= 4 is 11.5 Å². The summed E-state index contributed by atoms with van der Waals surface area (Å²) in [4.78, 5) is 5.04. The van der Waals surface area contributed by atoms with Crippen molar-refractivity contribution in [3.63, 3.8) is 0 Å². The summed E-state index contributed by atoms with van der Waals surface area (Å²) in [5, 5.41) is 7.14. The van der Waals surface area contributed by atoms with Gasteiger partial charge in [0.15, 0.2) is 0 Å². The van der Waals surface area contributed by atoms with Crippen LogP contribution in [0.3, 0.4) is 0 Å². The summed E-state index contributed by atoms with van der Waals surface area (Å²) in [5.41, 5.74) is 3.86. The summed E-state index contributed by atoms with van der Waals surface area (Å²) in [6.07, 6.45) is 3.32. The summed E-state index contributed by atoms with van der Waals surface area (Å²) in [7, 11) is 1.72. The van der Waals surface area contributed by atoms with Gasteiger partial charge in [0.1, 0.15) is 11.6 Å². The van der Waals surface area contributed by atoms with Gasteiger partial charge in [-0.1, -0.05) is 36.4 Å². The number of methoxy groups -OCH3 is 1. The van der Waals surface area contributed by atoms with Crippen LogP contribution in [0.2, 0.25) is 0 Å². The highest BCUT2D eigenvalue weighted by Crippen LogP contribution is 2.41. The van der Waals surface area contributed by atoms with E-state index in [1.807, 2.05) is 18.2 Å². The Morgan fingerprint density at radius 2 is 1.80 bits per heavy atom. The predicted octanol–water partition coefficient (Wildman–Crippen LogP) is 3.63. The first-order valence-corrected chi connectivity index (χ1v) is 9.03. The first-order chi connectivity index (χ1) is 12.3. The first-order valence-electron chi connectivity index (χ1n) is 9.03. The Labute approximate surface area is 149 Å². The zero-order valence-electron chi connectivity index (χ0n) is 14.7. The maximum atomic E-state index is 5.48. The van der Waals surface area contributed by atoms with E-state index in [0.29, 0.717) is 6.54 Å². The van der Waals surface area contributed by atoms with E-state index < -0.39 is 0 Å². The van der Waals surface area contributed by atoms with Gasteiger partial charge in [-0.05, 0) is 50.0 Å². The van der Waals surface area contributed by atoms with E-state index in [4.69, 9.17) is 9.73 Å². The monoisotopic (exact) mass is 335 g/mol. The van der Waals surface area contributed by atoms with Gasteiger partial charge in [0, 0.05) is 16.7 Å². The van der Waals surface area contributed by atoms with Crippen LogP contribution in [0.4, 0.5) is 5.69 Å². The summed E-state index contributed by atoms with van der Waals surface area (Å²) >= 11 is 0. The normalized spacial score (nSPS) is 20.1. The highest BCUT2D eigenvalue weighted by atomic mass is 16.5. The quantitative estimate of drug-likeness (QED) is 0.900. The van der Waals surface area contributed by atoms with Crippen molar-refractivity contribution in [2.45, 2.75) is 25.8 Å². The van der Waals surface area contributed by atoms with Gasteiger partial charge < -0.3 is 15.4 Å². The number of nitrogens with zero attached hydrogens (tertiary/aromatic N) is 1. The summed E-state index contributed by atoms with van der Waals surface area (Å²) in [6, 6.07) is 16.7. The van der Waals surface area contributed by atoms with Crippen LogP contribution in [0.15, 0.2) is 53.5 Å². The number of amidine groups is 1. The van der Waals surface area contributed by atoms with E-state index >= 15 is 0 Å². The molecule has 130 valence electrons. The van der Waals surface area contributed by atoms with E-state index in [9.17, 15) is 0 Å². The number of hydrogen-bond donors (Lipinski definition) is 2. The molecule has 0 atom stereocenters. The van der Waals surface area contributed by atoms with Gasteiger partial charge in [-0.25, -0.2) is 0 Å². The van der Waals surface area contributed by atoms with Crippen molar-refractivity contribution in [2.75, 3.05) is 25.5 Å². The fourth-order valence-electron chi connectivity index (χ4n) is 4.03. The van der Waals surface area contributed by atoms with Crippen molar-refractivity contribution in [3.05, 3.63) is 59.7 Å². The van der Waals surface area contributed by atoms with Crippen LogP contribution in [-0.4, -0.2) is 26.0 Å². The molecule has 2 aromatic carbocycles. The summed E-state index contributed by atoms with van der Waals surface area (Å²) in [6.45, 7) is 2.75. The number of piperidine rings is 1. The van der Waals surface area contributed by atoms with Crippen LogP contribution in [0.1, 0.15) is 24.0 Å². The van der Waals surface area contributed by atoms with Crippen LogP contribution < -0.4 is 15.4 Å². The molecule has 4 heteroatoms. The molecule has 25 heavy (non-hydrogen) atoms. The second-order valence-corrected chi connectivity index (χ2v) is 6.97. The number of ether oxygens (including phenoxy) is 1. The molecule has 0 amide bonds. The minimum Gasteiger partial charge on any atom is -0.496 e. The number of fused-ring (bicyclic) bond motifs is 1. The third-order valence-electron chi connectivity index (χ3n) is 5.46. The van der Waals surface area contributed by atoms with E-state index in [1.165, 1.54) is 11.3 Å². The van der Waals surface area contributed by atoms with E-state index in [-0.39, 0.29) is 5.41 Å². The molecule has 2 aliphatic heterocycles. The molecule has 0 radical (unpaired) electrons. The van der Waals surface area contributed by atoms with Gasteiger partial charge in [0.25, 0.3) is 0 Å². The minimum absolute atomic E-state index is 0.127. The molecule has 0 unspecified atom stereocenters. The molecule has 0 saturated carbocycles. The number of hydrogen-bond acceptors (Lipinski definition) is 3. The third-order valence-corrected chi connectivity index (χ3v) is 5.46. The molecular formula is C21H25N3O. The number of benzene rings is 2.